The minimum Gasteiger partial charge on any atom is -0.481 e. The molecule has 3 heteroatoms. The number of rotatable bonds is 4. The van der Waals surface area contributed by atoms with Crippen LogP contribution in [0.5, 0.6) is 0 Å². The fraction of sp³-hybridized carbons (Fsp3) is 0.500. The fourth-order valence-electron chi connectivity index (χ4n) is 2.23. The lowest BCUT2D eigenvalue weighted by atomic mass is 9.88. The number of hydrogen-bond acceptors (Lipinski definition) is 1. The van der Waals surface area contributed by atoms with Gasteiger partial charge in [-0.1, -0.05) is 24.3 Å². The Bertz CT molecular complexity index is 442. The van der Waals surface area contributed by atoms with Gasteiger partial charge < -0.3 is 5.11 Å². The molecule has 1 aromatic rings. The van der Waals surface area contributed by atoms with Gasteiger partial charge in [-0.05, 0) is 37.8 Å². The molecule has 17 heavy (non-hydrogen) atoms. The Balaban J connectivity index is 2.31. The molecular weight excluding hydrogens is 219 g/mol. The van der Waals surface area contributed by atoms with Crippen LogP contribution >= 0.6 is 0 Å². The number of carbonyl (C=O) groups is 1. The molecular formula is C14H17FO2. The van der Waals surface area contributed by atoms with Gasteiger partial charge in [-0.3, -0.25) is 4.79 Å². The summed E-state index contributed by atoms with van der Waals surface area (Å²) >= 11 is 0. The second-order valence-corrected chi connectivity index (χ2v) is 5.40. The monoisotopic (exact) mass is 236 g/mol. The predicted molar refractivity (Wildman–Crippen MR) is 63.7 cm³/mol. The van der Waals surface area contributed by atoms with Crippen molar-refractivity contribution in [3.63, 3.8) is 0 Å². The minimum absolute atomic E-state index is 0.142. The van der Waals surface area contributed by atoms with Gasteiger partial charge in [-0.15, -0.1) is 0 Å². The minimum atomic E-state index is -1.38. The van der Waals surface area contributed by atoms with Crippen molar-refractivity contribution in [1.82, 2.24) is 0 Å². The van der Waals surface area contributed by atoms with E-state index in [0.717, 1.165) is 18.4 Å². The average Bonchev–Trinajstić information content (AvgIpc) is 2.97. The van der Waals surface area contributed by atoms with Crippen molar-refractivity contribution in [3.05, 3.63) is 35.4 Å². The average molecular weight is 236 g/mol. The van der Waals surface area contributed by atoms with E-state index in [1.165, 1.54) is 13.8 Å². The van der Waals surface area contributed by atoms with Gasteiger partial charge in [0.15, 0.2) is 0 Å². The number of carboxylic acid groups (broad SMARTS) is 1. The van der Waals surface area contributed by atoms with Crippen molar-refractivity contribution in [2.45, 2.75) is 44.2 Å². The Morgan fingerprint density at radius 1 is 1.47 bits per heavy atom. The Morgan fingerprint density at radius 3 is 2.59 bits per heavy atom. The van der Waals surface area contributed by atoms with Gasteiger partial charge in [0.05, 0.1) is 6.42 Å². The molecule has 2 rings (SSSR count). The molecule has 0 heterocycles. The fourth-order valence-corrected chi connectivity index (χ4v) is 2.23. The molecule has 0 aromatic heterocycles. The van der Waals surface area contributed by atoms with Crippen LogP contribution in [0.4, 0.5) is 4.39 Å². The number of benzene rings is 1. The molecule has 1 fully saturated rings. The van der Waals surface area contributed by atoms with Crippen LogP contribution in [0.3, 0.4) is 0 Å². The van der Waals surface area contributed by atoms with Gasteiger partial charge in [0.25, 0.3) is 0 Å². The van der Waals surface area contributed by atoms with E-state index in [-0.39, 0.29) is 11.8 Å². The summed E-state index contributed by atoms with van der Waals surface area (Å²) < 4.78 is 13.9. The maximum atomic E-state index is 13.9. The summed E-state index contributed by atoms with van der Waals surface area (Å²) in [7, 11) is 0. The van der Waals surface area contributed by atoms with Crippen LogP contribution in [-0.4, -0.2) is 11.1 Å². The standard InChI is InChI=1S/C14H17FO2/c1-13(2,15)10-4-3-5-11(8-10)14(6-7-14)9-12(16)17/h3-5,8H,6-7,9H2,1-2H3,(H,16,17). The number of alkyl halides is 1. The molecule has 0 saturated heterocycles. The SMILES string of the molecule is CC(C)(F)c1cccc(C2(CC(=O)O)CC2)c1. The second-order valence-electron chi connectivity index (χ2n) is 5.40. The van der Waals surface area contributed by atoms with E-state index >= 15 is 0 Å². The van der Waals surface area contributed by atoms with Crippen molar-refractivity contribution < 1.29 is 14.3 Å². The molecule has 0 aliphatic heterocycles. The zero-order chi connectivity index (χ0) is 12.7. The summed E-state index contributed by atoms with van der Waals surface area (Å²) in [4.78, 5) is 10.8. The number of hydrogen-bond donors (Lipinski definition) is 1. The third kappa shape index (κ3) is 2.48. The van der Waals surface area contributed by atoms with Crippen LogP contribution in [0, 0.1) is 0 Å². The predicted octanol–water partition coefficient (Wildman–Crippen LogP) is 3.40. The summed E-state index contributed by atoms with van der Waals surface area (Å²) in [5.74, 6) is -0.785. The smallest absolute Gasteiger partial charge is 0.304 e. The summed E-state index contributed by atoms with van der Waals surface area (Å²) in [6.07, 6.45) is 1.91. The van der Waals surface area contributed by atoms with Crippen molar-refractivity contribution in [3.8, 4) is 0 Å². The van der Waals surface area contributed by atoms with E-state index in [4.69, 9.17) is 5.11 Å². The van der Waals surface area contributed by atoms with E-state index in [0.29, 0.717) is 5.56 Å². The first-order valence-corrected chi connectivity index (χ1v) is 5.85. The Morgan fingerprint density at radius 2 is 2.12 bits per heavy atom. The summed E-state index contributed by atoms with van der Waals surface area (Å²) in [5.41, 5.74) is -0.0441. The summed E-state index contributed by atoms with van der Waals surface area (Å²) in [5, 5.41) is 8.91. The molecule has 92 valence electrons. The topological polar surface area (TPSA) is 37.3 Å². The van der Waals surface area contributed by atoms with Gasteiger partial charge in [0.2, 0.25) is 0 Å². The highest BCUT2D eigenvalue weighted by molar-refractivity contribution is 5.70. The summed E-state index contributed by atoms with van der Waals surface area (Å²) in [6, 6.07) is 7.29. The molecule has 1 aliphatic carbocycles. The van der Waals surface area contributed by atoms with Crippen LogP contribution in [0.1, 0.15) is 44.2 Å². The number of halogens is 1. The highest BCUT2D eigenvalue weighted by atomic mass is 19.1. The Kier molecular flexibility index (Phi) is 2.72. The summed E-state index contributed by atoms with van der Waals surface area (Å²) in [6.45, 7) is 3.03. The van der Waals surface area contributed by atoms with Crippen molar-refractivity contribution >= 4 is 5.97 Å². The zero-order valence-electron chi connectivity index (χ0n) is 10.2. The molecule has 0 spiro atoms. The van der Waals surface area contributed by atoms with E-state index in [9.17, 15) is 9.18 Å². The van der Waals surface area contributed by atoms with Gasteiger partial charge in [0.1, 0.15) is 5.67 Å². The molecule has 1 aliphatic rings. The maximum Gasteiger partial charge on any atom is 0.304 e. The molecule has 1 aromatic carbocycles. The van der Waals surface area contributed by atoms with Crippen molar-refractivity contribution in [2.24, 2.45) is 0 Å². The highest BCUT2D eigenvalue weighted by Gasteiger charge is 2.46. The molecule has 0 atom stereocenters. The third-order valence-electron chi connectivity index (χ3n) is 3.50. The molecule has 0 amide bonds. The van der Waals surface area contributed by atoms with E-state index in [1.807, 2.05) is 18.2 Å². The Labute approximate surface area is 100 Å². The van der Waals surface area contributed by atoms with Crippen LogP contribution in [-0.2, 0) is 15.9 Å². The number of aliphatic carboxylic acids is 1. The van der Waals surface area contributed by atoms with Gasteiger partial charge in [-0.25, -0.2) is 4.39 Å². The molecule has 0 bridgehead atoms. The molecule has 1 saturated carbocycles. The van der Waals surface area contributed by atoms with Crippen LogP contribution in [0.25, 0.3) is 0 Å². The first-order chi connectivity index (χ1) is 7.83. The second kappa shape index (κ2) is 3.83. The zero-order valence-corrected chi connectivity index (χ0v) is 10.2. The first kappa shape index (κ1) is 12.1. The lowest BCUT2D eigenvalue weighted by molar-refractivity contribution is -0.137. The van der Waals surface area contributed by atoms with Crippen molar-refractivity contribution in [1.29, 1.82) is 0 Å². The van der Waals surface area contributed by atoms with E-state index in [1.54, 1.807) is 6.07 Å². The van der Waals surface area contributed by atoms with Crippen LogP contribution in [0.15, 0.2) is 24.3 Å². The van der Waals surface area contributed by atoms with E-state index < -0.39 is 11.6 Å². The van der Waals surface area contributed by atoms with Crippen LogP contribution in [0.2, 0.25) is 0 Å². The molecule has 1 N–H and O–H groups in total. The van der Waals surface area contributed by atoms with Gasteiger partial charge >= 0.3 is 5.97 Å². The normalized spacial score (nSPS) is 17.8. The molecule has 0 radical (unpaired) electrons. The van der Waals surface area contributed by atoms with E-state index in [2.05, 4.69) is 0 Å². The third-order valence-corrected chi connectivity index (χ3v) is 3.50. The van der Waals surface area contributed by atoms with Crippen LogP contribution < -0.4 is 0 Å². The highest BCUT2D eigenvalue weighted by Crippen LogP contribution is 2.51. The lowest BCUT2D eigenvalue weighted by Crippen LogP contribution is -2.15. The lowest BCUT2D eigenvalue weighted by Gasteiger charge is -2.19. The number of carboxylic acids is 1. The van der Waals surface area contributed by atoms with Gasteiger partial charge in [0, 0.05) is 5.41 Å². The largest absolute Gasteiger partial charge is 0.481 e. The van der Waals surface area contributed by atoms with Gasteiger partial charge in [-0.2, -0.15) is 0 Å². The maximum absolute atomic E-state index is 13.9. The van der Waals surface area contributed by atoms with Crippen molar-refractivity contribution in [2.75, 3.05) is 0 Å². The quantitative estimate of drug-likeness (QED) is 0.870. The first-order valence-electron chi connectivity index (χ1n) is 5.85. The molecule has 2 nitrogen and oxygen atoms in total. The molecule has 0 unspecified atom stereocenters. The Hall–Kier alpha value is -1.38.